The van der Waals surface area contributed by atoms with Gasteiger partial charge in [-0.05, 0) is 51.3 Å². The zero-order chi connectivity index (χ0) is 13.2. The Morgan fingerprint density at radius 2 is 1.68 bits per heavy atom. The summed E-state index contributed by atoms with van der Waals surface area (Å²) in [6, 6.07) is 0. The number of nitrogens with one attached hydrogen (secondary N) is 1. The van der Waals surface area contributed by atoms with Gasteiger partial charge in [0.05, 0.1) is 5.69 Å². The van der Waals surface area contributed by atoms with E-state index in [1.807, 2.05) is 0 Å². The van der Waals surface area contributed by atoms with Crippen LogP contribution in [0.3, 0.4) is 0 Å². The number of aromatic nitrogens is 2. The summed E-state index contributed by atoms with van der Waals surface area (Å²) < 4.78 is 2.20. The van der Waals surface area contributed by atoms with E-state index in [9.17, 15) is 0 Å². The van der Waals surface area contributed by atoms with Crippen LogP contribution in [0.5, 0.6) is 0 Å². The van der Waals surface area contributed by atoms with Crippen molar-refractivity contribution in [3.05, 3.63) is 17.0 Å². The van der Waals surface area contributed by atoms with Gasteiger partial charge in [0.15, 0.2) is 0 Å². The van der Waals surface area contributed by atoms with Gasteiger partial charge < -0.3 is 5.32 Å². The van der Waals surface area contributed by atoms with Crippen LogP contribution >= 0.6 is 0 Å². The topological polar surface area (TPSA) is 29.9 Å². The van der Waals surface area contributed by atoms with Crippen molar-refractivity contribution in [2.24, 2.45) is 7.05 Å². The molecule has 1 saturated carbocycles. The summed E-state index contributed by atoms with van der Waals surface area (Å²) in [4.78, 5) is 0. The average molecular weight is 261 g/mol. The lowest BCUT2D eigenvalue weighted by Crippen LogP contribution is -2.27. The van der Waals surface area contributed by atoms with Crippen molar-refractivity contribution in [1.29, 1.82) is 0 Å². The van der Waals surface area contributed by atoms with Crippen LogP contribution in [-0.2, 0) is 7.05 Å². The van der Waals surface area contributed by atoms with Crippen molar-refractivity contribution < 1.29 is 0 Å². The van der Waals surface area contributed by atoms with E-state index in [1.54, 1.807) is 0 Å². The molecule has 2 heterocycles. The second-order valence-corrected chi connectivity index (χ2v) is 6.38. The first-order valence-corrected chi connectivity index (χ1v) is 8.01. The van der Waals surface area contributed by atoms with E-state index in [2.05, 4.69) is 24.0 Å². The van der Waals surface area contributed by atoms with Crippen molar-refractivity contribution in [3.8, 4) is 0 Å². The molecule has 2 aliphatic rings. The van der Waals surface area contributed by atoms with Gasteiger partial charge in [-0.3, -0.25) is 4.68 Å². The van der Waals surface area contributed by atoms with Crippen LogP contribution < -0.4 is 5.32 Å². The molecule has 0 amide bonds. The molecule has 1 aromatic heterocycles. The minimum Gasteiger partial charge on any atom is -0.317 e. The van der Waals surface area contributed by atoms with E-state index in [4.69, 9.17) is 5.10 Å². The molecule has 0 spiro atoms. The fourth-order valence-electron chi connectivity index (χ4n) is 4.09. The first kappa shape index (κ1) is 13.2. The summed E-state index contributed by atoms with van der Waals surface area (Å²) in [6.45, 7) is 4.62. The normalized spacial score (nSPS) is 22.8. The molecule has 0 radical (unpaired) electrons. The SMILES string of the molecule is Cc1c(C2CCNCC2)nn(C)c1C1CCCCC1. The Labute approximate surface area is 116 Å². The molecule has 1 aliphatic carbocycles. The Morgan fingerprint density at radius 3 is 2.37 bits per heavy atom. The minimum absolute atomic E-state index is 0.685. The van der Waals surface area contributed by atoms with Crippen LogP contribution in [0.2, 0.25) is 0 Å². The smallest absolute Gasteiger partial charge is 0.0688 e. The Kier molecular flexibility index (Phi) is 3.92. The molecule has 1 saturated heterocycles. The Morgan fingerprint density at radius 1 is 1.00 bits per heavy atom. The molecule has 106 valence electrons. The Bertz CT molecular complexity index is 423. The highest BCUT2D eigenvalue weighted by molar-refractivity contribution is 5.31. The van der Waals surface area contributed by atoms with E-state index < -0.39 is 0 Å². The molecule has 3 heteroatoms. The highest BCUT2D eigenvalue weighted by Crippen LogP contribution is 2.37. The Hall–Kier alpha value is -0.830. The van der Waals surface area contributed by atoms with Gasteiger partial charge in [-0.15, -0.1) is 0 Å². The molecule has 0 aromatic carbocycles. The standard InChI is InChI=1S/C16H27N3/c1-12-15(13-8-10-17-11-9-13)18-19(2)16(12)14-6-4-3-5-7-14/h13-14,17H,3-11H2,1-2H3. The highest BCUT2D eigenvalue weighted by Gasteiger charge is 2.27. The lowest BCUT2D eigenvalue weighted by molar-refractivity contribution is 0.422. The zero-order valence-corrected chi connectivity index (χ0v) is 12.4. The fraction of sp³-hybridized carbons (Fsp3) is 0.812. The molecule has 0 bridgehead atoms. The van der Waals surface area contributed by atoms with Gasteiger partial charge in [0.1, 0.15) is 0 Å². The molecule has 0 unspecified atom stereocenters. The summed E-state index contributed by atoms with van der Waals surface area (Å²) in [5.74, 6) is 1.45. The monoisotopic (exact) mass is 261 g/mol. The quantitative estimate of drug-likeness (QED) is 0.885. The Balaban J connectivity index is 1.86. The molecule has 2 fully saturated rings. The lowest BCUT2D eigenvalue weighted by atomic mass is 9.84. The molecule has 1 aromatic rings. The molecule has 3 nitrogen and oxygen atoms in total. The maximum Gasteiger partial charge on any atom is 0.0688 e. The van der Waals surface area contributed by atoms with Crippen LogP contribution in [0.1, 0.15) is 73.7 Å². The van der Waals surface area contributed by atoms with Crippen LogP contribution in [0.15, 0.2) is 0 Å². The van der Waals surface area contributed by atoms with E-state index in [-0.39, 0.29) is 0 Å². The molecular weight excluding hydrogens is 234 g/mol. The maximum absolute atomic E-state index is 4.90. The molecule has 1 aliphatic heterocycles. The van der Waals surface area contributed by atoms with Crippen LogP contribution in [0.4, 0.5) is 0 Å². The van der Waals surface area contributed by atoms with Crippen molar-refractivity contribution in [2.45, 2.75) is 63.7 Å². The van der Waals surface area contributed by atoms with Gasteiger partial charge in [-0.1, -0.05) is 19.3 Å². The van der Waals surface area contributed by atoms with Gasteiger partial charge in [0.2, 0.25) is 0 Å². The summed E-state index contributed by atoms with van der Waals surface area (Å²) in [5, 5.41) is 8.35. The summed E-state index contributed by atoms with van der Waals surface area (Å²) in [6.07, 6.45) is 9.46. The predicted octanol–water partition coefficient (Wildman–Crippen LogP) is 3.24. The van der Waals surface area contributed by atoms with E-state index in [0.717, 1.165) is 19.0 Å². The van der Waals surface area contributed by atoms with Crippen LogP contribution in [0.25, 0.3) is 0 Å². The second-order valence-electron chi connectivity index (χ2n) is 6.38. The summed E-state index contributed by atoms with van der Waals surface area (Å²) in [5.41, 5.74) is 4.43. The first-order chi connectivity index (χ1) is 9.27. The number of hydrogen-bond acceptors (Lipinski definition) is 2. The third-order valence-electron chi connectivity index (χ3n) is 5.09. The van der Waals surface area contributed by atoms with Gasteiger partial charge >= 0.3 is 0 Å². The molecule has 19 heavy (non-hydrogen) atoms. The third kappa shape index (κ3) is 2.58. The van der Waals surface area contributed by atoms with Crippen molar-refractivity contribution in [2.75, 3.05) is 13.1 Å². The number of rotatable bonds is 2. The summed E-state index contributed by atoms with van der Waals surface area (Å²) in [7, 11) is 2.15. The van der Waals surface area contributed by atoms with Crippen LogP contribution in [-0.4, -0.2) is 22.9 Å². The molecule has 3 rings (SSSR count). The molecule has 0 atom stereocenters. The predicted molar refractivity (Wildman–Crippen MR) is 78.6 cm³/mol. The first-order valence-electron chi connectivity index (χ1n) is 8.01. The number of aryl methyl sites for hydroxylation is 1. The summed E-state index contributed by atoms with van der Waals surface area (Å²) >= 11 is 0. The zero-order valence-electron chi connectivity index (χ0n) is 12.4. The maximum atomic E-state index is 4.90. The van der Waals surface area contributed by atoms with Gasteiger partial charge in [-0.25, -0.2) is 0 Å². The number of piperidine rings is 1. The van der Waals surface area contributed by atoms with E-state index >= 15 is 0 Å². The minimum atomic E-state index is 0.685. The lowest BCUT2D eigenvalue weighted by Gasteiger charge is -2.23. The van der Waals surface area contributed by atoms with Gasteiger partial charge in [0, 0.05) is 24.6 Å². The van der Waals surface area contributed by atoms with Gasteiger partial charge in [-0.2, -0.15) is 5.10 Å². The third-order valence-corrected chi connectivity index (χ3v) is 5.09. The molecule has 1 N–H and O–H groups in total. The highest BCUT2D eigenvalue weighted by atomic mass is 15.3. The van der Waals surface area contributed by atoms with Crippen molar-refractivity contribution >= 4 is 0 Å². The van der Waals surface area contributed by atoms with Crippen molar-refractivity contribution in [3.63, 3.8) is 0 Å². The van der Waals surface area contributed by atoms with Crippen LogP contribution in [0, 0.1) is 6.92 Å². The molecular formula is C16H27N3. The average Bonchev–Trinajstić information content (AvgIpc) is 2.76. The van der Waals surface area contributed by atoms with E-state index in [0.29, 0.717) is 5.92 Å². The fourth-order valence-corrected chi connectivity index (χ4v) is 4.09. The largest absolute Gasteiger partial charge is 0.317 e. The number of hydrogen-bond donors (Lipinski definition) is 1. The van der Waals surface area contributed by atoms with E-state index in [1.165, 1.54) is 61.9 Å². The van der Waals surface area contributed by atoms with Gasteiger partial charge in [0.25, 0.3) is 0 Å². The number of nitrogens with zero attached hydrogens (tertiary/aromatic N) is 2. The second kappa shape index (κ2) is 5.66. The van der Waals surface area contributed by atoms with Crippen molar-refractivity contribution in [1.82, 2.24) is 15.1 Å².